The van der Waals surface area contributed by atoms with Crippen molar-refractivity contribution in [2.45, 2.75) is 19.0 Å². The summed E-state index contributed by atoms with van der Waals surface area (Å²) in [6.45, 7) is 2.86. The Bertz CT molecular complexity index is 449. The molecule has 1 aliphatic heterocycles. The molecule has 19 heavy (non-hydrogen) atoms. The molecule has 1 fully saturated rings. The number of hydrogen-bond donors (Lipinski definition) is 1. The molecule has 1 aromatic rings. The van der Waals surface area contributed by atoms with E-state index in [0.29, 0.717) is 18.2 Å². The van der Waals surface area contributed by atoms with E-state index in [4.69, 9.17) is 22.1 Å². The van der Waals surface area contributed by atoms with E-state index in [1.807, 2.05) is 31.2 Å². The van der Waals surface area contributed by atoms with Gasteiger partial charge in [0.25, 0.3) is 0 Å². The first-order valence-corrected chi connectivity index (χ1v) is 6.74. The highest BCUT2D eigenvalue weighted by Crippen LogP contribution is 2.24. The fourth-order valence-corrected chi connectivity index (χ4v) is 2.37. The summed E-state index contributed by atoms with van der Waals surface area (Å²) in [5.74, 6) is -0.202. The van der Waals surface area contributed by atoms with Crippen molar-refractivity contribution in [3.63, 3.8) is 0 Å². The first kappa shape index (κ1) is 14.3. The molecule has 0 aliphatic carbocycles. The topological polar surface area (TPSA) is 55.6 Å². The molecule has 104 valence electrons. The van der Waals surface area contributed by atoms with E-state index in [0.717, 1.165) is 5.56 Å². The molecule has 0 saturated carbocycles. The smallest absolute Gasteiger partial charge is 0.229 e. The van der Waals surface area contributed by atoms with Crippen LogP contribution in [0.4, 0.5) is 0 Å². The molecule has 5 heteroatoms. The Balaban J connectivity index is 2.08. The number of carbonyl (C=O) groups is 1. The zero-order valence-corrected chi connectivity index (χ0v) is 11.9. The minimum atomic E-state index is -0.236. The van der Waals surface area contributed by atoms with Gasteiger partial charge in [0.1, 0.15) is 0 Å². The molecular formula is C14H19ClN2O2. The summed E-state index contributed by atoms with van der Waals surface area (Å²) in [7, 11) is 1.80. The van der Waals surface area contributed by atoms with Gasteiger partial charge in [-0.3, -0.25) is 4.79 Å². The van der Waals surface area contributed by atoms with Crippen LogP contribution >= 0.6 is 11.6 Å². The number of halogens is 1. The third-order valence-electron chi connectivity index (χ3n) is 3.72. The average Bonchev–Trinajstić information content (AvgIpc) is 2.83. The number of hydrogen-bond acceptors (Lipinski definition) is 3. The van der Waals surface area contributed by atoms with Gasteiger partial charge in [-0.15, -0.1) is 0 Å². The lowest BCUT2D eigenvalue weighted by atomic mass is 10.0. The van der Waals surface area contributed by atoms with Crippen LogP contribution < -0.4 is 5.73 Å². The molecule has 4 nitrogen and oxygen atoms in total. The minimum Gasteiger partial charge on any atom is -0.379 e. The first-order chi connectivity index (χ1) is 9.00. The molecule has 3 atom stereocenters. The average molecular weight is 283 g/mol. The van der Waals surface area contributed by atoms with Gasteiger partial charge in [0.05, 0.1) is 25.2 Å². The molecule has 0 aromatic heterocycles. The van der Waals surface area contributed by atoms with Crippen LogP contribution in [-0.2, 0) is 9.53 Å². The zero-order valence-electron chi connectivity index (χ0n) is 11.2. The van der Waals surface area contributed by atoms with Crippen LogP contribution in [0.3, 0.4) is 0 Å². The van der Waals surface area contributed by atoms with Crippen LogP contribution in [0.15, 0.2) is 24.3 Å². The largest absolute Gasteiger partial charge is 0.379 e. The number of nitrogens with zero attached hydrogens (tertiary/aromatic N) is 1. The molecule has 0 bridgehead atoms. The molecule has 3 unspecified atom stereocenters. The van der Waals surface area contributed by atoms with Crippen molar-refractivity contribution >= 4 is 17.5 Å². The predicted molar refractivity (Wildman–Crippen MR) is 74.9 cm³/mol. The molecule has 1 aliphatic rings. The summed E-state index contributed by atoms with van der Waals surface area (Å²) in [5, 5.41) is 0.691. The van der Waals surface area contributed by atoms with Crippen LogP contribution in [-0.4, -0.2) is 37.1 Å². The van der Waals surface area contributed by atoms with E-state index in [9.17, 15) is 4.79 Å². The highest BCUT2D eigenvalue weighted by Gasteiger charge is 2.34. The summed E-state index contributed by atoms with van der Waals surface area (Å²) in [5.41, 5.74) is 6.94. The lowest BCUT2D eigenvalue weighted by molar-refractivity contribution is -0.136. The summed E-state index contributed by atoms with van der Waals surface area (Å²) in [4.78, 5) is 14.1. The van der Waals surface area contributed by atoms with Crippen molar-refractivity contribution in [1.82, 2.24) is 4.90 Å². The van der Waals surface area contributed by atoms with Gasteiger partial charge >= 0.3 is 0 Å². The maximum atomic E-state index is 12.4. The number of benzene rings is 1. The number of nitrogens with two attached hydrogens (primary N) is 1. The second kappa shape index (κ2) is 5.90. The fraction of sp³-hybridized carbons (Fsp3) is 0.500. The summed E-state index contributed by atoms with van der Waals surface area (Å²) >= 11 is 5.87. The van der Waals surface area contributed by atoms with Crippen molar-refractivity contribution in [3.05, 3.63) is 34.9 Å². The maximum absolute atomic E-state index is 12.4. The second-order valence-electron chi connectivity index (χ2n) is 4.98. The van der Waals surface area contributed by atoms with Gasteiger partial charge in [-0.25, -0.2) is 0 Å². The molecule has 1 saturated heterocycles. The second-order valence-corrected chi connectivity index (χ2v) is 5.42. The molecular weight excluding hydrogens is 264 g/mol. The Kier molecular flexibility index (Phi) is 4.45. The molecule has 1 aromatic carbocycles. The molecule has 0 spiro atoms. The summed E-state index contributed by atoms with van der Waals surface area (Å²) in [6, 6.07) is 7.31. The fourth-order valence-electron chi connectivity index (χ4n) is 2.24. The van der Waals surface area contributed by atoms with Gasteiger partial charge in [-0.2, -0.15) is 0 Å². The highest BCUT2D eigenvalue weighted by atomic mass is 35.5. The monoisotopic (exact) mass is 282 g/mol. The standard InChI is InChI=1S/C14H19ClN2O2/c1-9(10-3-5-11(15)6-4-10)17(2)14(18)12-7-19-8-13(12)16/h3-6,9,12-13H,7-8,16H2,1-2H3. The molecule has 2 rings (SSSR count). The molecule has 1 amide bonds. The third-order valence-corrected chi connectivity index (χ3v) is 3.97. The van der Waals surface area contributed by atoms with Crippen molar-refractivity contribution in [1.29, 1.82) is 0 Å². The zero-order chi connectivity index (χ0) is 14.0. The number of amides is 1. The van der Waals surface area contributed by atoms with E-state index in [-0.39, 0.29) is 23.9 Å². The SMILES string of the molecule is CC(c1ccc(Cl)cc1)N(C)C(=O)C1COCC1N. The Morgan fingerprint density at radius 3 is 2.58 bits per heavy atom. The number of ether oxygens (including phenoxy) is 1. The molecule has 2 N–H and O–H groups in total. The van der Waals surface area contributed by atoms with Gasteiger partial charge in [-0.1, -0.05) is 23.7 Å². The Morgan fingerprint density at radius 2 is 2.05 bits per heavy atom. The van der Waals surface area contributed by atoms with Crippen molar-refractivity contribution in [2.24, 2.45) is 11.7 Å². The van der Waals surface area contributed by atoms with Crippen LogP contribution in [0, 0.1) is 5.92 Å². The summed E-state index contributed by atoms with van der Waals surface area (Å²) < 4.78 is 5.25. The Hall–Kier alpha value is -1.10. The summed E-state index contributed by atoms with van der Waals surface area (Å²) in [6.07, 6.45) is 0. The van der Waals surface area contributed by atoms with Gasteiger partial charge < -0.3 is 15.4 Å². The Morgan fingerprint density at radius 1 is 1.42 bits per heavy atom. The lowest BCUT2D eigenvalue weighted by Gasteiger charge is -2.28. The van der Waals surface area contributed by atoms with Crippen LogP contribution in [0.2, 0.25) is 5.02 Å². The normalized spacial score (nSPS) is 24.2. The van der Waals surface area contributed by atoms with Gasteiger partial charge in [0.2, 0.25) is 5.91 Å². The van der Waals surface area contributed by atoms with Crippen LogP contribution in [0.5, 0.6) is 0 Å². The van der Waals surface area contributed by atoms with Crippen LogP contribution in [0.25, 0.3) is 0 Å². The molecule has 0 radical (unpaired) electrons. The van der Waals surface area contributed by atoms with E-state index < -0.39 is 0 Å². The van der Waals surface area contributed by atoms with Crippen molar-refractivity contribution in [2.75, 3.05) is 20.3 Å². The highest BCUT2D eigenvalue weighted by molar-refractivity contribution is 6.30. The molecule has 1 heterocycles. The van der Waals surface area contributed by atoms with E-state index in [1.165, 1.54) is 0 Å². The van der Waals surface area contributed by atoms with Crippen molar-refractivity contribution < 1.29 is 9.53 Å². The lowest BCUT2D eigenvalue weighted by Crippen LogP contribution is -2.42. The predicted octanol–water partition coefficient (Wildman–Crippen LogP) is 1.83. The minimum absolute atomic E-state index is 0.0161. The quantitative estimate of drug-likeness (QED) is 0.920. The van der Waals surface area contributed by atoms with Crippen LogP contribution in [0.1, 0.15) is 18.5 Å². The third kappa shape index (κ3) is 3.08. The van der Waals surface area contributed by atoms with E-state index >= 15 is 0 Å². The maximum Gasteiger partial charge on any atom is 0.229 e. The van der Waals surface area contributed by atoms with Gasteiger partial charge in [0, 0.05) is 18.1 Å². The van der Waals surface area contributed by atoms with E-state index in [1.54, 1.807) is 11.9 Å². The first-order valence-electron chi connectivity index (χ1n) is 6.36. The number of rotatable bonds is 3. The van der Waals surface area contributed by atoms with Gasteiger partial charge in [0.15, 0.2) is 0 Å². The van der Waals surface area contributed by atoms with Gasteiger partial charge in [-0.05, 0) is 24.6 Å². The number of carbonyl (C=O) groups excluding carboxylic acids is 1. The van der Waals surface area contributed by atoms with E-state index in [2.05, 4.69) is 0 Å². The Labute approximate surface area is 118 Å². The van der Waals surface area contributed by atoms with Crippen molar-refractivity contribution in [3.8, 4) is 0 Å².